The second-order valence-electron chi connectivity index (χ2n) is 7.34. The number of carbonyl (C=O) groups excluding carboxylic acids is 1. The topological polar surface area (TPSA) is 76.4 Å². The Bertz CT molecular complexity index is 965. The maximum Gasteiger partial charge on any atom is 0.255 e. The molecule has 1 atom stereocenters. The Hall–Kier alpha value is -3.12. The van der Waals surface area contributed by atoms with Crippen LogP contribution in [-0.4, -0.2) is 40.0 Å². The highest BCUT2D eigenvalue weighted by Crippen LogP contribution is 2.26. The molecule has 0 radical (unpaired) electrons. The lowest BCUT2D eigenvalue weighted by Crippen LogP contribution is -2.40. The van der Waals surface area contributed by atoms with Gasteiger partial charge in [-0.25, -0.2) is 0 Å². The number of nitrogens with zero attached hydrogens (tertiary/aromatic N) is 2. The van der Waals surface area contributed by atoms with Crippen molar-refractivity contribution in [3.8, 4) is 17.0 Å². The Morgan fingerprint density at radius 1 is 1.21 bits per heavy atom. The van der Waals surface area contributed by atoms with Crippen LogP contribution in [0.15, 0.2) is 60.8 Å². The van der Waals surface area contributed by atoms with Crippen LogP contribution >= 0.6 is 0 Å². The maximum atomic E-state index is 12.9. The maximum absolute atomic E-state index is 12.9. The molecule has 0 bridgehead atoms. The summed E-state index contributed by atoms with van der Waals surface area (Å²) >= 11 is 0. The molecule has 2 aromatic carbocycles. The Labute approximate surface area is 171 Å². The normalized spacial score (nSPS) is 13.0. The number of nitrogens with one attached hydrogen (secondary N) is 1. The fourth-order valence-electron chi connectivity index (χ4n) is 2.91. The van der Waals surface area contributed by atoms with E-state index in [0.717, 1.165) is 11.1 Å². The van der Waals surface area contributed by atoms with Crippen LogP contribution in [0, 0.1) is 0 Å². The van der Waals surface area contributed by atoms with Crippen molar-refractivity contribution in [1.82, 2.24) is 15.1 Å². The van der Waals surface area contributed by atoms with Crippen LogP contribution in [0.1, 0.15) is 36.2 Å². The largest absolute Gasteiger partial charge is 0.497 e. The van der Waals surface area contributed by atoms with Crippen molar-refractivity contribution < 1.29 is 14.6 Å². The number of methoxy groups -OCH3 is 1. The van der Waals surface area contributed by atoms with Crippen LogP contribution in [0.2, 0.25) is 0 Å². The number of hydrogen-bond donors (Lipinski definition) is 2. The van der Waals surface area contributed by atoms with Gasteiger partial charge in [0.05, 0.1) is 24.8 Å². The Morgan fingerprint density at radius 2 is 1.97 bits per heavy atom. The lowest BCUT2D eigenvalue weighted by atomic mass is 10.0. The van der Waals surface area contributed by atoms with Gasteiger partial charge in [-0.1, -0.05) is 49.4 Å². The minimum Gasteiger partial charge on any atom is -0.497 e. The zero-order valence-corrected chi connectivity index (χ0v) is 17.1. The van der Waals surface area contributed by atoms with Crippen molar-refractivity contribution in [3.05, 3.63) is 71.9 Å². The number of hydrogen-bond acceptors (Lipinski definition) is 4. The van der Waals surface area contributed by atoms with Crippen LogP contribution in [-0.2, 0) is 6.54 Å². The average molecular weight is 393 g/mol. The van der Waals surface area contributed by atoms with Crippen LogP contribution in [0.4, 0.5) is 0 Å². The Balaban J connectivity index is 1.94. The molecule has 0 aliphatic heterocycles. The van der Waals surface area contributed by atoms with E-state index in [0.29, 0.717) is 30.0 Å². The third-order valence-electron chi connectivity index (χ3n) is 4.93. The van der Waals surface area contributed by atoms with Crippen molar-refractivity contribution >= 4 is 5.91 Å². The first-order valence-electron chi connectivity index (χ1n) is 9.68. The molecular formula is C23H27N3O3. The van der Waals surface area contributed by atoms with Crippen molar-refractivity contribution in [2.45, 2.75) is 32.4 Å². The fourth-order valence-corrected chi connectivity index (χ4v) is 2.91. The molecule has 0 saturated heterocycles. The predicted octanol–water partition coefficient (Wildman–Crippen LogP) is 3.50. The summed E-state index contributed by atoms with van der Waals surface area (Å²) in [6.07, 6.45) is 2.29. The second-order valence-corrected chi connectivity index (χ2v) is 7.34. The molecule has 3 aromatic rings. The lowest BCUT2D eigenvalue weighted by Gasteiger charge is -2.21. The number of benzene rings is 2. The third-order valence-corrected chi connectivity index (χ3v) is 4.93. The van der Waals surface area contributed by atoms with Gasteiger partial charge in [0.2, 0.25) is 0 Å². The van der Waals surface area contributed by atoms with Crippen molar-refractivity contribution in [1.29, 1.82) is 0 Å². The van der Waals surface area contributed by atoms with E-state index in [9.17, 15) is 9.90 Å². The van der Waals surface area contributed by atoms with Gasteiger partial charge in [-0.3, -0.25) is 9.48 Å². The Morgan fingerprint density at radius 3 is 2.66 bits per heavy atom. The van der Waals surface area contributed by atoms with E-state index in [2.05, 4.69) is 10.4 Å². The van der Waals surface area contributed by atoms with Gasteiger partial charge in [-0.05, 0) is 31.0 Å². The quantitative estimate of drug-likeness (QED) is 0.614. The molecule has 6 heteroatoms. The number of aromatic nitrogens is 2. The minimum atomic E-state index is -0.953. The molecule has 2 N–H and O–H groups in total. The van der Waals surface area contributed by atoms with Gasteiger partial charge in [0, 0.05) is 18.3 Å². The highest BCUT2D eigenvalue weighted by Gasteiger charge is 2.22. The third kappa shape index (κ3) is 5.23. The van der Waals surface area contributed by atoms with E-state index >= 15 is 0 Å². The van der Waals surface area contributed by atoms with Gasteiger partial charge in [-0.2, -0.15) is 5.10 Å². The standard InChI is InChI=1S/C23H27N3O3/c1-4-23(2,28)16-24-22(27)20-15-26(14-17-9-6-5-7-10-17)25-21(20)18-11-8-12-19(13-18)29-3/h5-13,15,28H,4,14,16H2,1-3H3,(H,24,27)/t23-/m1/s1. The number of rotatable bonds is 8. The van der Waals surface area contributed by atoms with Gasteiger partial charge in [-0.15, -0.1) is 0 Å². The number of carbonyl (C=O) groups is 1. The smallest absolute Gasteiger partial charge is 0.255 e. The zero-order valence-electron chi connectivity index (χ0n) is 17.1. The van der Waals surface area contributed by atoms with Crippen molar-refractivity contribution in [2.24, 2.45) is 0 Å². The zero-order chi connectivity index (χ0) is 20.9. The summed E-state index contributed by atoms with van der Waals surface area (Å²) in [5, 5.41) is 17.7. The molecule has 6 nitrogen and oxygen atoms in total. The summed E-state index contributed by atoms with van der Waals surface area (Å²) in [6, 6.07) is 17.4. The van der Waals surface area contributed by atoms with Crippen molar-refractivity contribution in [2.75, 3.05) is 13.7 Å². The monoisotopic (exact) mass is 393 g/mol. The van der Waals surface area contributed by atoms with Gasteiger partial charge in [0.1, 0.15) is 11.4 Å². The molecule has 0 aliphatic rings. The van der Waals surface area contributed by atoms with Gasteiger partial charge in [0.25, 0.3) is 5.91 Å². The molecule has 0 aliphatic carbocycles. The van der Waals surface area contributed by atoms with Crippen molar-refractivity contribution in [3.63, 3.8) is 0 Å². The summed E-state index contributed by atoms with van der Waals surface area (Å²) in [5.74, 6) is 0.427. The first kappa shape index (κ1) is 20.6. The minimum absolute atomic E-state index is 0.170. The average Bonchev–Trinajstić information content (AvgIpc) is 3.16. The molecule has 1 aromatic heterocycles. The SMILES string of the molecule is CC[C@@](C)(O)CNC(=O)c1cn(Cc2ccccc2)nc1-c1cccc(OC)c1. The van der Waals surface area contributed by atoms with Crippen LogP contribution in [0.25, 0.3) is 11.3 Å². The van der Waals surface area contributed by atoms with E-state index in [1.165, 1.54) is 0 Å². The molecule has 3 rings (SSSR count). The van der Waals surface area contributed by atoms with E-state index in [-0.39, 0.29) is 12.5 Å². The van der Waals surface area contributed by atoms with Crippen LogP contribution in [0.5, 0.6) is 5.75 Å². The van der Waals surface area contributed by atoms with E-state index < -0.39 is 5.60 Å². The second kappa shape index (κ2) is 8.92. The molecule has 1 amide bonds. The molecule has 152 valence electrons. The lowest BCUT2D eigenvalue weighted by molar-refractivity contribution is 0.0518. The first-order chi connectivity index (χ1) is 13.9. The molecular weight excluding hydrogens is 366 g/mol. The fraction of sp³-hybridized carbons (Fsp3) is 0.304. The molecule has 1 heterocycles. The summed E-state index contributed by atoms with van der Waals surface area (Å²) in [5.41, 5.74) is 1.97. The number of ether oxygens (including phenoxy) is 1. The van der Waals surface area contributed by atoms with E-state index in [4.69, 9.17) is 4.74 Å². The summed E-state index contributed by atoms with van der Waals surface area (Å²) < 4.78 is 7.08. The Kier molecular flexibility index (Phi) is 6.34. The number of amides is 1. The van der Waals surface area contributed by atoms with Crippen LogP contribution in [0.3, 0.4) is 0 Å². The van der Waals surface area contributed by atoms with Gasteiger partial charge >= 0.3 is 0 Å². The summed E-state index contributed by atoms with van der Waals surface area (Å²) in [7, 11) is 1.60. The number of aliphatic hydroxyl groups is 1. The van der Waals surface area contributed by atoms with E-state index in [1.807, 2.05) is 61.5 Å². The molecule has 0 saturated carbocycles. The predicted molar refractivity (Wildman–Crippen MR) is 113 cm³/mol. The van der Waals surface area contributed by atoms with E-state index in [1.54, 1.807) is 24.9 Å². The first-order valence-corrected chi connectivity index (χ1v) is 9.68. The highest BCUT2D eigenvalue weighted by atomic mass is 16.5. The van der Waals surface area contributed by atoms with Crippen LogP contribution < -0.4 is 10.1 Å². The summed E-state index contributed by atoms with van der Waals surface area (Å²) in [6.45, 7) is 4.31. The molecule has 29 heavy (non-hydrogen) atoms. The summed E-state index contributed by atoms with van der Waals surface area (Å²) in [4.78, 5) is 12.9. The molecule has 0 unspecified atom stereocenters. The molecule has 0 spiro atoms. The highest BCUT2D eigenvalue weighted by molar-refractivity contribution is 5.99. The molecule has 0 fully saturated rings. The van der Waals surface area contributed by atoms with Gasteiger partial charge < -0.3 is 15.2 Å². The van der Waals surface area contributed by atoms with Gasteiger partial charge in [0.15, 0.2) is 0 Å².